The molecule has 0 aliphatic carbocycles. The zero-order valence-corrected chi connectivity index (χ0v) is 18.0. The normalized spacial score (nSPS) is 12.0. The number of aliphatic imine (C=N–C) groups is 1. The molecule has 24 heavy (non-hydrogen) atoms. The summed E-state index contributed by atoms with van der Waals surface area (Å²) in [6, 6.07) is 8.42. The fourth-order valence-electron chi connectivity index (χ4n) is 1.79. The van der Waals surface area contributed by atoms with Gasteiger partial charge in [-0.2, -0.15) is 0 Å². The average Bonchev–Trinajstić information content (AvgIpc) is 2.54. The standard InChI is InChI=1S/C18H31N3O2.HI/c1-14(2)23-12-16-9-7-15(8-10-16)11-20-17(19-5)21-13-18(3,4)22-6;/h7-10,14H,11-13H2,1-6H3,(H2,19,20,21);1H. The van der Waals surface area contributed by atoms with Gasteiger partial charge in [0.25, 0.3) is 0 Å². The second kappa shape index (κ2) is 11.7. The van der Waals surface area contributed by atoms with Crippen molar-refractivity contribution in [2.75, 3.05) is 20.7 Å². The van der Waals surface area contributed by atoms with Crippen molar-refractivity contribution in [1.29, 1.82) is 0 Å². The van der Waals surface area contributed by atoms with Gasteiger partial charge in [-0.1, -0.05) is 24.3 Å². The molecule has 0 saturated heterocycles. The molecule has 0 aliphatic heterocycles. The molecule has 1 rings (SSSR count). The van der Waals surface area contributed by atoms with E-state index in [2.05, 4.69) is 39.9 Å². The summed E-state index contributed by atoms with van der Waals surface area (Å²) in [6.45, 7) is 10.2. The lowest BCUT2D eigenvalue weighted by molar-refractivity contribution is 0.0268. The SMILES string of the molecule is CN=C(NCc1ccc(COC(C)C)cc1)NCC(C)(C)OC.I. The Kier molecular flexibility index (Phi) is 11.2. The zero-order valence-electron chi connectivity index (χ0n) is 15.7. The summed E-state index contributed by atoms with van der Waals surface area (Å²) in [5.74, 6) is 0.766. The van der Waals surface area contributed by atoms with Crippen LogP contribution in [-0.4, -0.2) is 38.4 Å². The van der Waals surface area contributed by atoms with Gasteiger partial charge < -0.3 is 20.1 Å². The summed E-state index contributed by atoms with van der Waals surface area (Å²) < 4.78 is 11.0. The van der Waals surface area contributed by atoms with Crippen molar-refractivity contribution < 1.29 is 9.47 Å². The van der Waals surface area contributed by atoms with E-state index in [1.165, 1.54) is 11.1 Å². The monoisotopic (exact) mass is 449 g/mol. The van der Waals surface area contributed by atoms with Crippen LogP contribution in [0.4, 0.5) is 0 Å². The van der Waals surface area contributed by atoms with E-state index in [-0.39, 0.29) is 35.7 Å². The summed E-state index contributed by atoms with van der Waals surface area (Å²) in [7, 11) is 3.48. The molecule has 0 spiro atoms. The molecule has 1 aromatic rings. The number of hydrogen-bond acceptors (Lipinski definition) is 3. The molecule has 0 aromatic heterocycles. The van der Waals surface area contributed by atoms with E-state index in [0.29, 0.717) is 13.2 Å². The molecule has 0 unspecified atom stereocenters. The van der Waals surface area contributed by atoms with Crippen molar-refractivity contribution in [3.05, 3.63) is 35.4 Å². The number of hydrogen-bond donors (Lipinski definition) is 2. The minimum Gasteiger partial charge on any atom is -0.377 e. The van der Waals surface area contributed by atoms with Gasteiger partial charge in [-0.25, -0.2) is 0 Å². The molecular weight excluding hydrogens is 417 g/mol. The van der Waals surface area contributed by atoms with Gasteiger partial charge in [-0.15, -0.1) is 24.0 Å². The highest BCUT2D eigenvalue weighted by Crippen LogP contribution is 2.07. The first-order chi connectivity index (χ1) is 10.9. The van der Waals surface area contributed by atoms with Crippen molar-refractivity contribution in [2.45, 2.75) is 52.6 Å². The Labute approximate surface area is 163 Å². The Hall–Kier alpha value is -0.860. The maximum Gasteiger partial charge on any atom is 0.191 e. The molecule has 1 aromatic carbocycles. The van der Waals surface area contributed by atoms with Crippen LogP contribution in [0, 0.1) is 0 Å². The second-order valence-corrected chi connectivity index (χ2v) is 6.42. The molecule has 0 amide bonds. The Bertz CT molecular complexity index is 488. The van der Waals surface area contributed by atoms with E-state index >= 15 is 0 Å². The smallest absolute Gasteiger partial charge is 0.191 e. The van der Waals surface area contributed by atoms with E-state index in [1.54, 1.807) is 14.2 Å². The molecule has 0 fully saturated rings. The third-order valence-corrected chi connectivity index (χ3v) is 3.52. The Balaban J connectivity index is 0.00000529. The lowest BCUT2D eigenvalue weighted by Crippen LogP contribution is -2.45. The van der Waals surface area contributed by atoms with Crippen molar-refractivity contribution >= 4 is 29.9 Å². The molecule has 0 aliphatic rings. The number of ether oxygens (including phenoxy) is 2. The highest BCUT2D eigenvalue weighted by Gasteiger charge is 2.16. The number of nitrogens with zero attached hydrogens (tertiary/aromatic N) is 1. The third kappa shape index (κ3) is 9.44. The highest BCUT2D eigenvalue weighted by atomic mass is 127. The van der Waals surface area contributed by atoms with Crippen LogP contribution in [0.15, 0.2) is 29.3 Å². The predicted molar refractivity (Wildman–Crippen MR) is 111 cm³/mol. The van der Waals surface area contributed by atoms with Crippen molar-refractivity contribution in [3.63, 3.8) is 0 Å². The van der Waals surface area contributed by atoms with Gasteiger partial charge in [0, 0.05) is 27.2 Å². The third-order valence-electron chi connectivity index (χ3n) is 3.52. The largest absolute Gasteiger partial charge is 0.377 e. The fraction of sp³-hybridized carbons (Fsp3) is 0.611. The molecule has 0 atom stereocenters. The van der Waals surface area contributed by atoms with Crippen LogP contribution in [-0.2, 0) is 22.6 Å². The second-order valence-electron chi connectivity index (χ2n) is 6.42. The average molecular weight is 449 g/mol. The van der Waals surface area contributed by atoms with Crippen LogP contribution >= 0.6 is 24.0 Å². The first-order valence-corrected chi connectivity index (χ1v) is 8.05. The number of rotatable bonds is 8. The molecule has 0 bridgehead atoms. The number of nitrogens with one attached hydrogen (secondary N) is 2. The Morgan fingerprint density at radius 3 is 2.21 bits per heavy atom. The van der Waals surface area contributed by atoms with Crippen molar-refractivity contribution in [2.24, 2.45) is 4.99 Å². The van der Waals surface area contributed by atoms with E-state index < -0.39 is 0 Å². The molecule has 0 radical (unpaired) electrons. The van der Waals surface area contributed by atoms with Crippen LogP contribution < -0.4 is 10.6 Å². The summed E-state index contributed by atoms with van der Waals surface area (Å²) in [4.78, 5) is 4.23. The van der Waals surface area contributed by atoms with Gasteiger partial charge in [-0.05, 0) is 38.8 Å². The van der Waals surface area contributed by atoms with Gasteiger partial charge in [0.1, 0.15) is 0 Å². The predicted octanol–water partition coefficient (Wildman–Crippen LogP) is 3.32. The minimum atomic E-state index is -0.227. The highest BCUT2D eigenvalue weighted by molar-refractivity contribution is 14.0. The topological polar surface area (TPSA) is 54.9 Å². The quantitative estimate of drug-likeness (QED) is 0.363. The van der Waals surface area contributed by atoms with Crippen LogP contribution in [0.3, 0.4) is 0 Å². The van der Waals surface area contributed by atoms with E-state index in [0.717, 1.165) is 12.5 Å². The van der Waals surface area contributed by atoms with Gasteiger partial charge in [0.05, 0.1) is 18.3 Å². The van der Waals surface area contributed by atoms with Gasteiger partial charge in [-0.3, -0.25) is 4.99 Å². The molecule has 0 heterocycles. The molecule has 138 valence electrons. The number of benzene rings is 1. The number of methoxy groups -OCH3 is 1. The molecule has 2 N–H and O–H groups in total. The fourth-order valence-corrected chi connectivity index (χ4v) is 1.79. The first-order valence-electron chi connectivity index (χ1n) is 8.05. The summed E-state index contributed by atoms with van der Waals surface area (Å²) in [5.41, 5.74) is 2.16. The van der Waals surface area contributed by atoms with Crippen molar-refractivity contribution in [1.82, 2.24) is 10.6 Å². The van der Waals surface area contributed by atoms with Crippen molar-refractivity contribution in [3.8, 4) is 0 Å². The molecule has 6 heteroatoms. The molecular formula is C18H32IN3O2. The first kappa shape index (κ1) is 23.1. The van der Waals surface area contributed by atoms with Gasteiger partial charge in [0.2, 0.25) is 0 Å². The lowest BCUT2D eigenvalue weighted by Gasteiger charge is -2.24. The Morgan fingerprint density at radius 1 is 1.12 bits per heavy atom. The maximum atomic E-state index is 5.60. The summed E-state index contributed by atoms with van der Waals surface area (Å²) in [5, 5.41) is 6.57. The molecule has 0 saturated carbocycles. The van der Waals surface area contributed by atoms with E-state index in [4.69, 9.17) is 9.47 Å². The van der Waals surface area contributed by atoms with Gasteiger partial charge in [0.15, 0.2) is 5.96 Å². The Morgan fingerprint density at radius 2 is 1.71 bits per heavy atom. The maximum absolute atomic E-state index is 5.60. The number of halogens is 1. The lowest BCUT2D eigenvalue weighted by atomic mass is 10.1. The van der Waals surface area contributed by atoms with E-state index in [9.17, 15) is 0 Å². The number of guanidine groups is 1. The molecule has 5 nitrogen and oxygen atoms in total. The van der Waals surface area contributed by atoms with Crippen LogP contribution in [0.25, 0.3) is 0 Å². The van der Waals surface area contributed by atoms with Gasteiger partial charge >= 0.3 is 0 Å². The van der Waals surface area contributed by atoms with Crippen LogP contribution in [0.5, 0.6) is 0 Å². The van der Waals surface area contributed by atoms with Crippen LogP contribution in [0.1, 0.15) is 38.8 Å². The zero-order chi connectivity index (χ0) is 17.3. The van der Waals surface area contributed by atoms with Crippen LogP contribution in [0.2, 0.25) is 0 Å². The summed E-state index contributed by atoms with van der Waals surface area (Å²) >= 11 is 0. The minimum absolute atomic E-state index is 0. The van der Waals surface area contributed by atoms with E-state index in [1.807, 2.05) is 27.7 Å². The summed E-state index contributed by atoms with van der Waals surface area (Å²) in [6.07, 6.45) is 0.252.